The van der Waals surface area contributed by atoms with Crippen LogP contribution in [0.4, 0.5) is 17.1 Å². The average Bonchev–Trinajstić information content (AvgIpc) is 3.62. The molecular formula is C52H41N. The van der Waals surface area contributed by atoms with E-state index < -0.39 is 5.41 Å². The van der Waals surface area contributed by atoms with Crippen LogP contribution in [0.2, 0.25) is 0 Å². The summed E-state index contributed by atoms with van der Waals surface area (Å²) in [5.41, 5.74) is 18.6. The SMILES string of the molecule is Cc1ccc(C2(c3ccc(C)cc3)c3cc(N(c4ccccc4)c4ccc5c(c4)C(C)(C)c4ccccc4-5)ccc3-c3c2ccc2ccccc32)cc1. The fourth-order valence-electron chi connectivity index (χ4n) is 9.47. The molecule has 0 N–H and O–H groups in total. The number of para-hydroxylation sites is 1. The molecule has 0 unspecified atom stereocenters. The lowest BCUT2D eigenvalue weighted by Crippen LogP contribution is -2.29. The fraction of sp³-hybridized carbons (Fsp3) is 0.115. The first-order chi connectivity index (χ1) is 25.9. The first kappa shape index (κ1) is 31.5. The Balaban J connectivity index is 1.27. The maximum absolute atomic E-state index is 2.49. The Morgan fingerprint density at radius 1 is 0.396 bits per heavy atom. The van der Waals surface area contributed by atoms with Gasteiger partial charge in [0.25, 0.3) is 0 Å². The molecule has 0 bridgehead atoms. The fourth-order valence-corrected chi connectivity index (χ4v) is 9.47. The van der Waals surface area contributed by atoms with Gasteiger partial charge in [-0.25, -0.2) is 0 Å². The van der Waals surface area contributed by atoms with E-state index in [4.69, 9.17) is 0 Å². The van der Waals surface area contributed by atoms with Crippen molar-refractivity contribution in [1.82, 2.24) is 0 Å². The molecule has 1 nitrogen and oxygen atoms in total. The topological polar surface area (TPSA) is 3.24 Å². The first-order valence-corrected chi connectivity index (χ1v) is 18.8. The molecule has 0 aliphatic heterocycles. The zero-order valence-corrected chi connectivity index (χ0v) is 30.7. The second-order valence-corrected chi connectivity index (χ2v) is 15.5. The Labute approximate surface area is 312 Å². The third kappa shape index (κ3) is 4.57. The van der Waals surface area contributed by atoms with Gasteiger partial charge in [0.2, 0.25) is 0 Å². The lowest BCUT2D eigenvalue weighted by Gasteiger charge is -2.35. The van der Waals surface area contributed by atoms with E-state index >= 15 is 0 Å². The van der Waals surface area contributed by atoms with Crippen molar-refractivity contribution < 1.29 is 0 Å². The quantitative estimate of drug-likeness (QED) is 0.175. The van der Waals surface area contributed by atoms with Crippen LogP contribution in [0, 0.1) is 13.8 Å². The highest BCUT2D eigenvalue weighted by molar-refractivity contribution is 6.04. The van der Waals surface area contributed by atoms with Crippen molar-refractivity contribution >= 4 is 27.8 Å². The Hall–Kier alpha value is -6.18. The Bertz CT molecular complexity index is 2650. The second-order valence-electron chi connectivity index (χ2n) is 15.5. The van der Waals surface area contributed by atoms with Crippen LogP contribution in [0.5, 0.6) is 0 Å². The van der Waals surface area contributed by atoms with Crippen molar-refractivity contribution in [2.24, 2.45) is 0 Å². The van der Waals surface area contributed by atoms with Crippen molar-refractivity contribution in [3.05, 3.63) is 220 Å². The molecule has 2 aliphatic rings. The van der Waals surface area contributed by atoms with E-state index in [-0.39, 0.29) is 5.41 Å². The van der Waals surface area contributed by atoms with Crippen molar-refractivity contribution in [1.29, 1.82) is 0 Å². The van der Waals surface area contributed by atoms with E-state index in [1.807, 2.05) is 0 Å². The van der Waals surface area contributed by atoms with E-state index in [1.54, 1.807) is 0 Å². The Kier molecular flexibility index (Phi) is 6.94. The van der Waals surface area contributed by atoms with Crippen LogP contribution in [0.15, 0.2) is 176 Å². The van der Waals surface area contributed by atoms with Crippen molar-refractivity contribution in [2.75, 3.05) is 4.90 Å². The predicted molar refractivity (Wildman–Crippen MR) is 223 cm³/mol. The van der Waals surface area contributed by atoms with E-state index in [2.05, 4.69) is 209 Å². The number of nitrogens with zero attached hydrogens (tertiary/aromatic N) is 1. The molecule has 0 aromatic heterocycles. The van der Waals surface area contributed by atoms with Crippen molar-refractivity contribution in [3.63, 3.8) is 0 Å². The zero-order chi connectivity index (χ0) is 35.9. The number of benzene rings is 8. The summed E-state index contributed by atoms with van der Waals surface area (Å²) < 4.78 is 0. The molecule has 1 heteroatoms. The number of fused-ring (bicyclic) bond motifs is 8. The summed E-state index contributed by atoms with van der Waals surface area (Å²) in [5, 5.41) is 2.55. The molecule has 2 aliphatic carbocycles. The van der Waals surface area contributed by atoms with Crippen LogP contribution in [0.3, 0.4) is 0 Å². The highest BCUT2D eigenvalue weighted by Crippen LogP contribution is 2.59. The van der Waals surface area contributed by atoms with Gasteiger partial charge in [0, 0.05) is 22.5 Å². The van der Waals surface area contributed by atoms with Gasteiger partial charge in [-0.2, -0.15) is 0 Å². The van der Waals surface area contributed by atoms with Crippen molar-refractivity contribution in [3.8, 4) is 22.3 Å². The van der Waals surface area contributed by atoms with Gasteiger partial charge in [-0.15, -0.1) is 0 Å². The molecule has 0 spiro atoms. The molecule has 0 amide bonds. The molecule has 0 saturated carbocycles. The highest BCUT2D eigenvalue weighted by atomic mass is 15.1. The lowest BCUT2D eigenvalue weighted by molar-refractivity contribution is 0.660. The van der Waals surface area contributed by atoms with Gasteiger partial charge in [0.1, 0.15) is 0 Å². The minimum absolute atomic E-state index is 0.100. The molecule has 8 aromatic rings. The Morgan fingerprint density at radius 3 is 1.66 bits per heavy atom. The van der Waals surface area contributed by atoms with Crippen molar-refractivity contribution in [2.45, 2.75) is 38.5 Å². The minimum Gasteiger partial charge on any atom is -0.310 e. The van der Waals surface area contributed by atoms with Crippen LogP contribution < -0.4 is 4.90 Å². The summed E-state index contributed by atoms with van der Waals surface area (Å²) in [5.74, 6) is 0. The zero-order valence-electron chi connectivity index (χ0n) is 30.7. The van der Waals surface area contributed by atoms with Crippen LogP contribution in [-0.2, 0) is 10.8 Å². The summed E-state index contributed by atoms with van der Waals surface area (Å²) in [6, 6.07) is 66.1. The smallest absolute Gasteiger partial charge is 0.0714 e. The molecular weight excluding hydrogens is 639 g/mol. The van der Waals surface area contributed by atoms with Gasteiger partial charge < -0.3 is 4.90 Å². The molecule has 254 valence electrons. The van der Waals surface area contributed by atoms with Gasteiger partial charge in [-0.3, -0.25) is 0 Å². The number of anilines is 3. The normalized spacial score (nSPS) is 14.3. The third-order valence-electron chi connectivity index (χ3n) is 12.1. The number of hydrogen-bond donors (Lipinski definition) is 0. The van der Waals surface area contributed by atoms with Crippen LogP contribution in [0.1, 0.15) is 58.4 Å². The summed E-state index contributed by atoms with van der Waals surface area (Å²) in [4.78, 5) is 2.45. The standard InChI is InChI=1S/C52H41N/c1-34-18-23-37(24-19-34)52(38-25-20-35(2)21-26-38)47-31-22-36-12-8-9-15-42(36)50(47)45-30-28-41(33-49(45)52)53(39-13-6-5-7-14-39)40-27-29-44-43-16-10-11-17-46(43)51(3,4)48(44)32-40/h5-33H,1-4H3. The van der Waals surface area contributed by atoms with E-state index in [0.29, 0.717) is 0 Å². The maximum atomic E-state index is 2.49. The maximum Gasteiger partial charge on any atom is 0.0714 e. The summed E-state index contributed by atoms with van der Waals surface area (Å²) in [6.07, 6.45) is 0. The largest absolute Gasteiger partial charge is 0.310 e. The summed E-state index contributed by atoms with van der Waals surface area (Å²) in [7, 11) is 0. The van der Waals surface area contributed by atoms with Gasteiger partial charge >= 0.3 is 0 Å². The molecule has 10 rings (SSSR count). The van der Waals surface area contributed by atoms with Crippen LogP contribution in [-0.4, -0.2) is 0 Å². The van der Waals surface area contributed by atoms with Gasteiger partial charge in [0.05, 0.1) is 5.41 Å². The molecule has 0 atom stereocenters. The van der Waals surface area contributed by atoms with Crippen LogP contribution >= 0.6 is 0 Å². The highest BCUT2D eigenvalue weighted by Gasteiger charge is 2.47. The second kappa shape index (κ2) is 11.7. The number of aryl methyl sites for hydroxylation is 2. The van der Waals surface area contributed by atoms with E-state index in [0.717, 1.165) is 17.1 Å². The van der Waals surface area contributed by atoms with E-state index in [1.165, 1.54) is 77.5 Å². The summed E-state index contributed by atoms with van der Waals surface area (Å²) >= 11 is 0. The lowest BCUT2D eigenvalue weighted by atomic mass is 9.67. The third-order valence-corrected chi connectivity index (χ3v) is 12.1. The monoisotopic (exact) mass is 679 g/mol. The van der Waals surface area contributed by atoms with Crippen LogP contribution in [0.25, 0.3) is 33.0 Å². The first-order valence-electron chi connectivity index (χ1n) is 18.8. The number of hydrogen-bond acceptors (Lipinski definition) is 1. The van der Waals surface area contributed by atoms with Gasteiger partial charge in [-0.1, -0.05) is 165 Å². The average molecular weight is 680 g/mol. The summed E-state index contributed by atoms with van der Waals surface area (Å²) in [6.45, 7) is 9.09. The molecule has 53 heavy (non-hydrogen) atoms. The number of rotatable bonds is 5. The Morgan fingerprint density at radius 2 is 0.962 bits per heavy atom. The molecule has 0 heterocycles. The molecule has 0 fully saturated rings. The van der Waals surface area contributed by atoms with E-state index in [9.17, 15) is 0 Å². The molecule has 0 saturated heterocycles. The molecule has 8 aromatic carbocycles. The minimum atomic E-state index is -0.518. The van der Waals surface area contributed by atoms with Gasteiger partial charge in [0.15, 0.2) is 0 Å². The molecule has 0 radical (unpaired) electrons. The predicted octanol–water partition coefficient (Wildman–Crippen LogP) is 13.6. The van der Waals surface area contributed by atoms with Gasteiger partial charge in [-0.05, 0) is 117 Å².